The van der Waals surface area contributed by atoms with E-state index < -0.39 is 23.4 Å². The van der Waals surface area contributed by atoms with Gasteiger partial charge in [0.15, 0.2) is 5.78 Å². The van der Waals surface area contributed by atoms with E-state index in [-0.39, 0.29) is 11.7 Å². The van der Waals surface area contributed by atoms with E-state index in [0.717, 1.165) is 0 Å². The van der Waals surface area contributed by atoms with Crippen molar-refractivity contribution in [1.82, 2.24) is 4.31 Å². The van der Waals surface area contributed by atoms with Crippen molar-refractivity contribution in [2.24, 2.45) is 11.3 Å². The van der Waals surface area contributed by atoms with Crippen LogP contribution in [0.3, 0.4) is 0 Å². The third-order valence-corrected chi connectivity index (χ3v) is 3.73. The molecule has 0 N–H and O–H groups in total. The highest BCUT2D eigenvalue weighted by Crippen LogP contribution is 2.29. The highest BCUT2D eigenvalue weighted by atomic mass is 32.2. The van der Waals surface area contributed by atoms with Gasteiger partial charge in [0.2, 0.25) is 0 Å². The second-order valence-corrected chi connectivity index (χ2v) is 7.32. The van der Waals surface area contributed by atoms with Crippen LogP contribution < -0.4 is 0 Å². The van der Waals surface area contributed by atoms with E-state index in [4.69, 9.17) is 0 Å². The molecule has 0 aromatic carbocycles. The molecule has 1 atom stereocenters. The SMILES string of the molecule is CC(C)C[C@H](C(=O)C(C)(C)C)N(C)SCC(F)(F)F. The molecule has 0 aliphatic rings. The van der Waals surface area contributed by atoms with E-state index >= 15 is 0 Å². The molecule has 0 rings (SSSR count). The van der Waals surface area contributed by atoms with E-state index in [2.05, 4.69) is 0 Å². The second-order valence-electron chi connectivity index (χ2n) is 6.19. The highest BCUT2D eigenvalue weighted by Gasteiger charge is 2.35. The Bertz CT molecular complexity index is 297. The molecule has 0 radical (unpaired) electrons. The van der Waals surface area contributed by atoms with Crippen molar-refractivity contribution in [2.75, 3.05) is 12.8 Å². The van der Waals surface area contributed by atoms with Gasteiger partial charge in [-0.3, -0.25) is 4.79 Å². The molecular formula is C13H24F3NOS. The zero-order chi connectivity index (χ0) is 15.4. The van der Waals surface area contributed by atoms with Gasteiger partial charge in [-0.05, 0) is 19.4 Å². The molecule has 0 spiro atoms. The van der Waals surface area contributed by atoms with Gasteiger partial charge in [-0.2, -0.15) is 13.2 Å². The van der Waals surface area contributed by atoms with Gasteiger partial charge in [0.05, 0.1) is 6.04 Å². The number of nitrogens with zero attached hydrogens (tertiary/aromatic N) is 1. The number of rotatable bonds is 6. The van der Waals surface area contributed by atoms with Gasteiger partial charge >= 0.3 is 6.18 Å². The standard InChI is InChI=1S/C13H24F3NOS/c1-9(2)7-10(11(18)12(3,4)5)17(6)19-8-13(14,15)16/h9-10H,7-8H2,1-6H3/t10-/m1/s1. The molecule has 0 fully saturated rings. The van der Waals surface area contributed by atoms with Crippen LogP contribution in [0.15, 0.2) is 0 Å². The smallest absolute Gasteiger partial charge is 0.297 e. The summed E-state index contributed by atoms with van der Waals surface area (Å²) in [7, 11) is 1.56. The van der Waals surface area contributed by atoms with E-state index in [9.17, 15) is 18.0 Å². The fraction of sp³-hybridized carbons (Fsp3) is 0.923. The first-order chi connectivity index (χ1) is 8.34. The van der Waals surface area contributed by atoms with Crippen molar-refractivity contribution in [3.8, 4) is 0 Å². The van der Waals surface area contributed by atoms with Gasteiger partial charge < -0.3 is 0 Å². The predicted molar refractivity (Wildman–Crippen MR) is 74.0 cm³/mol. The van der Waals surface area contributed by atoms with Crippen molar-refractivity contribution in [2.45, 2.75) is 53.3 Å². The first-order valence-electron chi connectivity index (χ1n) is 6.31. The first kappa shape index (κ1) is 18.8. The second kappa shape index (κ2) is 6.97. The Balaban J connectivity index is 4.80. The minimum absolute atomic E-state index is 0.0154. The van der Waals surface area contributed by atoms with Crippen LogP contribution in [0, 0.1) is 11.3 Å². The summed E-state index contributed by atoms with van der Waals surface area (Å²) in [6, 6.07) is -0.479. The number of halogens is 3. The Labute approximate surface area is 118 Å². The Morgan fingerprint density at radius 2 is 1.68 bits per heavy atom. The van der Waals surface area contributed by atoms with Crippen molar-refractivity contribution in [3.05, 3.63) is 0 Å². The number of hydrogen-bond acceptors (Lipinski definition) is 3. The highest BCUT2D eigenvalue weighted by molar-refractivity contribution is 7.97. The lowest BCUT2D eigenvalue weighted by Crippen LogP contribution is -2.42. The molecule has 0 saturated carbocycles. The van der Waals surface area contributed by atoms with E-state index in [1.54, 1.807) is 27.8 Å². The average molecular weight is 299 g/mol. The lowest BCUT2D eigenvalue weighted by atomic mass is 9.84. The molecule has 0 unspecified atom stereocenters. The van der Waals surface area contributed by atoms with Gasteiger partial charge in [0.25, 0.3) is 0 Å². The Kier molecular flexibility index (Phi) is 6.89. The fourth-order valence-corrected chi connectivity index (χ4v) is 2.34. The lowest BCUT2D eigenvalue weighted by molar-refractivity contribution is -0.130. The first-order valence-corrected chi connectivity index (χ1v) is 7.25. The van der Waals surface area contributed by atoms with Gasteiger partial charge in [0.1, 0.15) is 5.75 Å². The zero-order valence-electron chi connectivity index (χ0n) is 12.5. The van der Waals surface area contributed by atoms with Crippen LogP contribution in [0.4, 0.5) is 13.2 Å². The monoisotopic (exact) mass is 299 g/mol. The molecule has 0 bridgehead atoms. The molecule has 0 aliphatic heterocycles. The summed E-state index contributed by atoms with van der Waals surface area (Å²) in [6.45, 7) is 9.32. The molecular weight excluding hydrogens is 275 g/mol. The largest absolute Gasteiger partial charge is 0.399 e. The molecule has 0 heterocycles. The molecule has 6 heteroatoms. The van der Waals surface area contributed by atoms with Crippen LogP contribution in [-0.2, 0) is 4.79 Å². The molecule has 0 aromatic rings. The predicted octanol–water partition coefficient (Wildman–Crippen LogP) is 4.16. The summed E-state index contributed by atoms with van der Waals surface area (Å²) < 4.78 is 38.2. The van der Waals surface area contributed by atoms with Gasteiger partial charge in [-0.15, -0.1) is 0 Å². The molecule has 114 valence electrons. The molecule has 19 heavy (non-hydrogen) atoms. The Morgan fingerprint density at radius 3 is 2.00 bits per heavy atom. The molecule has 0 aliphatic carbocycles. The van der Waals surface area contributed by atoms with Crippen LogP contribution in [-0.4, -0.2) is 35.1 Å². The summed E-state index contributed by atoms with van der Waals surface area (Å²) in [5.74, 6) is -0.723. The van der Waals surface area contributed by atoms with Crippen molar-refractivity contribution >= 4 is 17.7 Å². The zero-order valence-corrected chi connectivity index (χ0v) is 13.3. The Morgan fingerprint density at radius 1 is 1.21 bits per heavy atom. The van der Waals surface area contributed by atoms with Gasteiger partial charge in [-0.25, -0.2) is 4.31 Å². The van der Waals surface area contributed by atoms with Gasteiger partial charge in [0, 0.05) is 5.41 Å². The molecule has 0 saturated heterocycles. The number of carbonyl (C=O) groups excluding carboxylic acids is 1. The average Bonchev–Trinajstić information content (AvgIpc) is 2.18. The molecule has 0 aromatic heterocycles. The number of likely N-dealkylation sites (N-methyl/N-ethyl adjacent to an activating group) is 1. The van der Waals surface area contributed by atoms with Crippen molar-refractivity contribution in [1.29, 1.82) is 0 Å². The minimum Gasteiger partial charge on any atom is -0.297 e. The van der Waals surface area contributed by atoms with Crippen LogP contribution in [0.2, 0.25) is 0 Å². The normalized spacial score (nSPS) is 15.1. The third-order valence-electron chi connectivity index (χ3n) is 2.61. The topological polar surface area (TPSA) is 20.3 Å². The van der Waals surface area contributed by atoms with Crippen molar-refractivity contribution < 1.29 is 18.0 Å². The third kappa shape index (κ3) is 7.82. The fourth-order valence-electron chi connectivity index (χ4n) is 1.63. The maximum Gasteiger partial charge on any atom is 0.399 e. The van der Waals surface area contributed by atoms with Crippen LogP contribution in [0.25, 0.3) is 0 Å². The van der Waals surface area contributed by atoms with Crippen LogP contribution in [0.5, 0.6) is 0 Å². The quantitative estimate of drug-likeness (QED) is 0.687. The Hall–Kier alpha value is -0.230. The minimum atomic E-state index is -4.22. The molecule has 0 amide bonds. The summed E-state index contributed by atoms with van der Waals surface area (Å²) in [6.07, 6.45) is -3.65. The summed E-state index contributed by atoms with van der Waals surface area (Å²) in [5, 5.41) is 0. The number of alkyl halides is 3. The number of hydrogen-bond donors (Lipinski definition) is 0. The van der Waals surface area contributed by atoms with E-state index in [1.807, 2.05) is 13.8 Å². The summed E-state index contributed by atoms with van der Waals surface area (Å²) >= 11 is 0.665. The number of carbonyl (C=O) groups is 1. The lowest BCUT2D eigenvalue weighted by Gasteiger charge is -2.32. The van der Waals surface area contributed by atoms with Crippen LogP contribution in [0.1, 0.15) is 41.0 Å². The van der Waals surface area contributed by atoms with Crippen molar-refractivity contribution in [3.63, 3.8) is 0 Å². The maximum atomic E-state index is 12.3. The van der Waals surface area contributed by atoms with E-state index in [1.165, 1.54) is 4.31 Å². The summed E-state index contributed by atoms with van der Waals surface area (Å²) in [5.41, 5.74) is -0.549. The van der Waals surface area contributed by atoms with Crippen LogP contribution >= 0.6 is 11.9 Å². The summed E-state index contributed by atoms with van der Waals surface area (Å²) in [4.78, 5) is 12.3. The maximum absolute atomic E-state index is 12.3. The number of Topliss-reactive ketones (excluding diaryl/α,β-unsaturated/α-hetero) is 1. The van der Waals surface area contributed by atoms with Gasteiger partial charge in [-0.1, -0.05) is 46.6 Å². The van der Waals surface area contributed by atoms with E-state index in [0.29, 0.717) is 18.4 Å². The molecule has 2 nitrogen and oxygen atoms in total. The number of ketones is 1.